The first-order valence-electron chi connectivity index (χ1n) is 6.73. The van der Waals surface area contributed by atoms with E-state index < -0.39 is 5.41 Å². The van der Waals surface area contributed by atoms with Crippen LogP contribution in [0, 0.1) is 5.41 Å². The third-order valence-electron chi connectivity index (χ3n) is 3.52. The number of fused-ring (bicyclic) bond motifs is 1. The number of amides is 1. The van der Waals surface area contributed by atoms with Crippen LogP contribution in [0.4, 0.5) is 0 Å². The third-order valence-corrected chi connectivity index (χ3v) is 4.37. The highest BCUT2D eigenvalue weighted by Gasteiger charge is 2.26. The molecule has 1 atom stereocenters. The number of pyridine rings is 1. The van der Waals surface area contributed by atoms with Gasteiger partial charge in [0.25, 0.3) is 0 Å². The van der Waals surface area contributed by atoms with Gasteiger partial charge >= 0.3 is 0 Å². The van der Waals surface area contributed by atoms with Crippen LogP contribution in [0.15, 0.2) is 23.7 Å². The molecule has 0 saturated carbocycles. The number of carbonyl (C=O) groups excluding carboxylic acids is 1. The molecule has 2 N–H and O–H groups in total. The van der Waals surface area contributed by atoms with Crippen molar-refractivity contribution >= 4 is 27.5 Å². The van der Waals surface area contributed by atoms with Gasteiger partial charge < -0.3 is 10.6 Å². The summed E-state index contributed by atoms with van der Waals surface area (Å²) in [4.78, 5) is 16.2. The molecule has 4 nitrogen and oxygen atoms in total. The first-order valence-corrected chi connectivity index (χ1v) is 7.61. The molecule has 0 aliphatic carbocycles. The zero-order chi connectivity index (χ0) is 14.8. The number of thiophene rings is 1. The van der Waals surface area contributed by atoms with Gasteiger partial charge in [0, 0.05) is 25.8 Å². The normalized spacial score (nSPS) is 13.4. The van der Waals surface area contributed by atoms with Crippen LogP contribution in [0.1, 0.15) is 32.4 Å². The predicted octanol–water partition coefficient (Wildman–Crippen LogP) is 2.72. The number of hydrogen-bond acceptors (Lipinski definition) is 4. The second-order valence-corrected chi connectivity index (χ2v) is 6.59. The Morgan fingerprint density at radius 1 is 1.50 bits per heavy atom. The van der Waals surface area contributed by atoms with E-state index >= 15 is 0 Å². The Labute approximate surface area is 123 Å². The van der Waals surface area contributed by atoms with Crippen molar-refractivity contribution in [1.29, 1.82) is 0 Å². The fourth-order valence-corrected chi connectivity index (χ4v) is 2.83. The summed E-state index contributed by atoms with van der Waals surface area (Å²) in [6.07, 6.45) is 1.90. The highest BCUT2D eigenvalue weighted by Crippen LogP contribution is 2.23. The molecule has 2 heterocycles. The van der Waals surface area contributed by atoms with Crippen molar-refractivity contribution in [3.8, 4) is 0 Å². The van der Waals surface area contributed by atoms with E-state index in [1.54, 1.807) is 18.4 Å². The summed E-state index contributed by atoms with van der Waals surface area (Å²) in [5, 5.41) is 8.16. The molecular weight excluding hydrogens is 270 g/mol. The monoisotopic (exact) mass is 291 g/mol. The van der Waals surface area contributed by atoms with Gasteiger partial charge in [-0.05, 0) is 43.8 Å². The number of nitrogens with one attached hydrogen (secondary N) is 2. The molecule has 0 saturated heterocycles. The molecule has 1 unspecified atom stereocenters. The number of nitrogens with zero attached hydrogens (tertiary/aromatic N) is 1. The molecule has 0 fully saturated rings. The van der Waals surface area contributed by atoms with Gasteiger partial charge in [0.15, 0.2) is 0 Å². The van der Waals surface area contributed by atoms with Gasteiger partial charge in [-0.25, -0.2) is 0 Å². The van der Waals surface area contributed by atoms with Crippen molar-refractivity contribution in [3.63, 3.8) is 0 Å². The van der Waals surface area contributed by atoms with E-state index in [1.807, 2.05) is 31.5 Å². The maximum atomic E-state index is 11.8. The summed E-state index contributed by atoms with van der Waals surface area (Å²) in [5.41, 5.74) is 1.76. The molecule has 108 valence electrons. The lowest BCUT2D eigenvalue weighted by atomic mass is 9.92. The summed E-state index contributed by atoms with van der Waals surface area (Å²) < 4.78 is 1.20. The second-order valence-electron chi connectivity index (χ2n) is 5.64. The highest BCUT2D eigenvalue weighted by molar-refractivity contribution is 7.17. The second kappa shape index (κ2) is 5.89. The Morgan fingerprint density at radius 3 is 2.95 bits per heavy atom. The first kappa shape index (κ1) is 14.9. The molecule has 2 rings (SSSR count). The Morgan fingerprint density at radius 2 is 2.25 bits per heavy atom. The Bertz CT molecular complexity index is 606. The number of aromatic nitrogens is 1. The van der Waals surface area contributed by atoms with Crippen molar-refractivity contribution in [2.75, 3.05) is 13.6 Å². The van der Waals surface area contributed by atoms with Crippen molar-refractivity contribution in [2.24, 2.45) is 5.41 Å². The summed E-state index contributed by atoms with van der Waals surface area (Å²) in [5.74, 6) is 0.0454. The molecular formula is C15H21N3OS. The van der Waals surface area contributed by atoms with Gasteiger partial charge in [0.2, 0.25) is 5.91 Å². The van der Waals surface area contributed by atoms with Crippen LogP contribution in [0.5, 0.6) is 0 Å². The molecule has 0 radical (unpaired) electrons. The van der Waals surface area contributed by atoms with Crippen LogP contribution in [-0.2, 0) is 4.79 Å². The van der Waals surface area contributed by atoms with E-state index in [-0.39, 0.29) is 11.9 Å². The largest absolute Gasteiger partial charge is 0.359 e. The van der Waals surface area contributed by atoms with Crippen LogP contribution in [0.25, 0.3) is 10.2 Å². The van der Waals surface area contributed by atoms with Gasteiger partial charge in [0.05, 0.1) is 15.6 Å². The zero-order valence-electron chi connectivity index (χ0n) is 12.4. The lowest BCUT2D eigenvalue weighted by molar-refractivity contribution is -0.128. The summed E-state index contributed by atoms with van der Waals surface area (Å²) in [7, 11) is 1.67. The van der Waals surface area contributed by atoms with Crippen LogP contribution < -0.4 is 10.6 Å². The smallest absolute Gasteiger partial charge is 0.226 e. The van der Waals surface area contributed by atoms with Crippen LogP contribution >= 0.6 is 11.3 Å². The van der Waals surface area contributed by atoms with Crippen LogP contribution in [0.2, 0.25) is 0 Å². The van der Waals surface area contributed by atoms with Gasteiger partial charge in [-0.15, -0.1) is 11.3 Å². The number of rotatable bonds is 5. The SMILES string of the molecule is CNC(=O)C(C)(C)CNC(C)c1cnc2ccsc2c1. The van der Waals surface area contributed by atoms with Crippen molar-refractivity contribution < 1.29 is 4.79 Å². The molecule has 20 heavy (non-hydrogen) atoms. The summed E-state index contributed by atoms with van der Waals surface area (Å²) in [6, 6.07) is 4.35. The van der Waals surface area contributed by atoms with Gasteiger partial charge in [0.1, 0.15) is 0 Å². The fourth-order valence-electron chi connectivity index (χ4n) is 2.04. The van der Waals surface area contributed by atoms with Crippen molar-refractivity contribution in [2.45, 2.75) is 26.8 Å². The fraction of sp³-hybridized carbons (Fsp3) is 0.467. The molecule has 0 aliphatic heterocycles. The molecule has 0 aliphatic rings. The maximum absolute atomic E-state index is 11.8. The molecule has 5 heteroatoms. The van der Waals surface area contributed by atoms with E-state index in [1.165, 1.54) is 4.70 Å². The highest BCUT2D eigenvalue weighted by atomic mass is 32.1. The predicted molar refractivity (Wildman–Crippen MR) is 83.9 cm³/mol. The van der Waals surface area contributed by atoms with Gasteiger partial charge in [-0.3, -0.25) is 9.78 Å². The lowest BCUT2D eigenvalue weighted by Gasteiger charge is -2.25. The number of hydrogen-bond donors (Lipinski definition) is 2. The zero-order valence-corrected chi connectivity index (χ0v) is 13.2. The Balaban J connectivity index is 2.04. The average molecular weight is 291 g/mol. The lowest BCUT2D eigenvalue weighted by Crippen LogP contribution is -2.42. The quantitative estimate of drug-likeness (QED) is 0.890. The summed E-state index contributed by atoms with van der Waals surface area (Å²) >= 11 is 1.70. The summed E-state index contributed by atoms with van der Waals surface area (Å²) in [6.45, 7) is 6.59. The van der Waals surface area contributed by atoms with Crippen molar-refractivity contribution in [3.05, 3.63) is 29.3 Å². The average Bonchev–Trinajstić information content (AvgIpc) is 2.91. The Kier molecular flexibility index (Phi) is 4.40. The minimum atomic E-state index is -0.427. The first-order chi connectivity index (χ1) is 9.44. The van der Waals surface area contributed by atoms with E-state index in [0.717, 1.165) is 11.1 Å². The topological polar surface area (TPSA) is 54.0 Å². The molecule has 2 aromatic rings. The van der Waals surface area contributed by atoms with Crippen LogP contribution in [0.3, 0.4) is 0 Å². The van der Waals surface area contributed by atoms with E-state index in [4.69, 9.17) is 0 Å². The van der Waals surface area contributed by atoms with E-state index in [0.29, 0.717) is 6.54 Å². The van der Waals surface area contributed by atoms with Crippen molar-refractivity contribution in [1.82, 2.24) is 15.6 Å². The van der Waals surface area contributed by atoms with Crippen LogP contribution in [-0.4, -0.2) is 24.5 Å². The number of carbonyl (C=O) groups is 1. The molecule has 0 aromatic carbocycles. The molecule has 2 aromatic heterocycles. The molecule has 0 bridgehead atoms. The molecule has 1 amide bonds. The van der Waals surface area contributed by atoms with E-state index in [2.05, 4.69) is 28.6 Å². The third kappa shape index (κ3) is 3.16. The standard InChI is InChI=1S/C15H21N3OS/c1-10(18-9-15(2,3)14(19)16-4)11-7-13-12(17-8-11)5-6-20-13/h5-8,10,18H,9H2,1-4H3,(H,16,19). The van der Waals surface area contributed by atoms with E-state index in [9.17, 15) is 4.79 Å². The molecule has 0 spiro atoms. The minimum absolute atomic E-state index is 0.0454. The van der Waals surface area contributed by atoms with Gasteiger partial charge in [-0.1, -0.05) is 0 Å². The Hall–Kier alpha value is -1.46. The minimum Gasteiger partial charge on any atom is -0.359 e. The van der Waals surface area contributed by atoms with Gasteiger partial charge in [-0.2, -0.15) is 0 Å². The maximum Gasteiger partial charge on any atom is 0.226 e.